The predicted molar refractivity (Wildman–Crippen MR) is 98.3 cm³/mol. The van der Waals surface area contributed by atoms with Crippen LogP contribution in [0.25, 0.3) is 0 Å². The lowest BCUT2D eigenvalue weighted by atomic mass is 9.88. The van der Waals surface area contributed by atoms with E-state index < -0.39 is 5.54 Å². The van der Waals surface area contributed by atoms with Gasteiger partial charge in [-0.3, -0.25) is 4.79 Å². The average molecular weight is 343 g/mol. The van der Waals surface area contributed by atoms with Crippen LogP contribution in [0.1, 0.15) is 52.5 Å². The SMILES string of the molecule is CCC(C)c1ccccc1OCC(=O)NC(C)(CN)C(C)C.Cl. The Kier molecular flexibility index (Phi) is 9.25. The molecule has 4 nitrogen and oxygen atoms in total. The van der Waals surface area contributed by atoms with Gasteiger partial charge in [-0.1, -0.05) is 45.9 Å². The number of nitrogens with two attached hydrogens (primary N) is 1. The molecule has 5 heteroatoms. The molecule has 1 amide bonds. The van der Waals surface area contributed by atoms with E-state index in [0.717, 1.165) is 17.7 Å². The number of ether oxygens (including phenoxy) is 1. The van der Waals surface area contributed by atoms with Crippen LogP contribution in [0.4, 0.5) is 0 Å². The van der Waals surface area contributed by atoms with Gasteiger partial charge in [0.25, 0.3) is 5.91 Å². The van der Waals surface area contributed by atoms with Crippen LogP contribution in [0.2, 0.25) is 0 Å². The summed E-state index contributed by atoms with van der Waals surface area (Å²) >= 11 is 0. The van der Waals surface area contributed by atoms with Crippen molar-refractivity contribution >= 4 is 18.3 Å². The van der Waals surface area contributed by atoms with Crippen LogP contribution in [0.5, 0.6) is 5.75 Å². The maximum Gasteiger partial charge on any atom is 0.258 e. The summed E-state index contributed by atoms with van der Waals surface area (Å²) in [7, 11) is 0. The van der Waals surface area contributed by atoms with E-state index in [9.17, 15) is 4.79 Å². The summed E-state index contributed by atoms with van der Waals surface area (Å²) in [5.74, 6) is 1.31. The van der Waals surface area contributed by atoms with Crippen LogP contribution in [0.3, 0.4) is 0 Å². The maximum absolute atomic E-state index is 12.2. The number of carbonyl (C=O) groups is 1. The van der Waals surface area contributed by atoms with Gasteiger partial charge in [0.15, 0.2) is 6.61 Å². The Morgan fingerprint density at radius 2 is 1.91 bits per heavy atom. The van der Waals surface area contributed by atoms with Crippen molar-refractivity contribution in [1.82, 2.24) is 5.32 Å². The Morgan fingerprint density at radius 3 is 2.43 bits per heavy atom. The minimum Gasteiger partial charge on any atom is -0.483 e. The highest BCUT2D eigenvalue weighted by atomic mass is 35.5. The molecule has 0 heterocycles. The van der Waals surface area contributed by atoms with Crippen molar-refractivity contribution in [3.8, 4) is 5.75 Å². The Labute approximate surface area is 146 Å². The minimum absolute atomic E-state index is 0. The van der Waals surface area contributed by atoms with Gasteiger partial charge in [-0.05, 0) is 36.8 Å². The molecule has 2 atom stereocenters. The average Bonchev–Trinajstić information content (AvgIpc) is 2.52. The largest absolute Gasteiger partial charge is 0.483 e. The number of halogens is 1. The lowest BCUT2D eigenvalue weighted by molar-refractivity contribution is -0.125. The Bertz CT molecular complexity index is 494. The van der Waals surface area contributed by atoms with Gasteiger partial charge in [0.05, 0.1) is 5.54 Å². The number of rotatable bonds is 8. The molecule has 132 valence electrons. The molecular weight excluding hydrogens is 312 g/mol. The van der Waals surface area contributed by atoms with E-state index in [4.69, 9.17) is 10.5 Å². The molecule has 3 N–H and O–H groups in total. The van der Waals surface area contributed by atoms with Crippen LogP contribution < -0.4 is 15.8 Å². The zero-order valence-electron chi connectivity index (χ0n) is 14.9. The molecule has 1 rings (SSSR count). The van der Waals surface area contributed by atoms with Crippen molar-refractivity contribution in [3.63, 3.8) is 0 Å². The van der Waals surface area contributed by atoms with Crippen LogP contribution >= 0.6 is 12.4 Å². The molecule has 0 bridgehead atoms. The third-order valence-electron chi connectivity index (χ3n) is 4.54. The summed E-state index contributed by atoms with van der Waals surface area (Å²) in [6, 6.07) is 7.90. The molecule has 0 aliphatic carbocycles. The molecule has 0 saturated carbocycles. The second kappa shape index (κ2) is 9.78. The first-order valence-corrected chi connectivity index (χ1v) is 8.06. The van der Waals surface area contributed by atoms with Crippen LogP contribution in [0, 0.1) is 5.92 Å². The summed E-state index contributed by atoms with van der Waals surface area (Å²) in [6.45, 7) is 10.8. The number of amides is 1. The van der Waals surface area contributed by atoms with Crippen molar-refractivity contribution in [2.24, 2.45) is 11.7 Å². The highest BCUT2D eigenvalue weighted by molar-refractivity contribution is 5.85. The number of carbonyl (C=O) groups excluding carboxylic acids is 1. The third-order valence-corrected chi connectivity index (χ3v) is 4.54. The molecule has 0 spiro atoms. The van der Waals surface area contributed by atoms with Crippen LogP contribution in [-0.2, 0) is 4.79 Å². The fourth-order valence-electron chi connectivity index (χ4n) is 2.17. The Hall–Kier alpha value is -1.26. The fourth-order valence-corrected chi connectivity index (χ4v) is 2.17. The van der Waals surface area contributed by atoms with Gasteiger partial charge in [-0.25, -0.2) is 0 Å². The van der Waals surface area contributed by atoms with Crippen molar-refractivity contribution in [3.05, 3.63) is 29.8 Å². The summed E-state index contributed by atoms with van der Waals surface area (Å²) in [6.07, 6.45) is 1.03. The minimum atomic E-state index is -0.406. The molecule has 1 aromatic carbocycles. The van der Waals surface area contributed by atoms with Gasteiger partial charge in [-0.2, -0.15) is 0 Å². The molecule has 0 aliphatic heterocycles. The van der Waals surface area contributed by atoms with Crippen molar-refractivity contribution in [2.45, 2.75) is 52.5 Å². The topological polar surface area (TPSA) is 64.3 Å². The van der Waals surface area contributed by atoms with E-state index >= 15 is 0 Å². The zero-order valence-corrected chi connectivity index (χ0v) is 15.7. The Balaban J connectivity index is 0.00000484. The first-order valence-electron chi connectivity index (χ1n) is 8.06. The molecule has 0 aromatic heterocycles. The number of benzene rings is 1. The summed E-state index contributed by atoms with van der Waals surface area (Å²) in [5.41, 5.74) is 6.53. The van der Waals surface area contributed by atoms with Crippen molar-refractivity contribution < 1.29 is 9.53 Å². The lowest BCUT2D eigenvalue weighted by Crippen LogP contribution is -2.56. The molecule has 1 aromatic rings. The Morgan fingerprint density at radius 1 is 1.30 bits per heavy atom. The number of hydrogen-bond acceptors (Lipinski definition) is 3. The van der Waals surface area contributed by atoms with Gasteiger partial charge in [0, 0.05) is 6.54 Å². The standard InChI is InChI=1S/C18H30N2O2.ClH/c1-6-14(4)15-9-7-8-10-16(15)22-11-17(21)20-18(5,12-19)13(2)3;/h7-10,13-14H,6,11-12,19H2,1-5H3,(H,20,21);1H. The van der Waals surface area contributed by atoms with E-state index in [2.05, 4.69) is 25.2 Å². The lowest BCUT2D eigenvalue weighted by Gasteiger charge is -2.33. The smallest absolute Gasteiger partial charge is 0.258 e. The number of hydrogen-bond donors (Lipinski definition) is 2. The van der Waals surface area contributed by atoms with Crippen LogP contribution in [0.15, 0.2) is 24.3 Å². The second-order valence-corrected chi connectivity index (χ2v) is 6.46. The van der Waals surface area contributed by atoms with E-state index in [1.165, 1.54) is 0 Å². The molecule has 2 unspecified atom stereocenters. The molecule has 0 saturated heterocycles. The maximum atomic E-state index is 12.2. The van der Waals surface area contributed by atoms with Gasteiger partial charge in [0.2, 0.25) is 0 Å². The highest BCUT2D eigenvalue weighted by Gasteiger charge is 2.28. The van der Waals surface area contributed by atoms with Gasteiger partial charge in [0.1, 0.15) is 5.75 Å². The zero-order chi connectivity index (χ0) is 16.8. The van der Waals surface area contributed by atoms with Gasteiger partial charge < -0.3 is 15.8 Å². The molecule has 23 heavy (non-hydrogen) atoms. The second-order valence-electron chi connectivity index (χ2n) is 6.46. The fraction of sp³-hybridized carbons (Fsp3) is 0.611. The highest BCUT2D eigenvalue weighted by Crippen LogP contribution is 2.28. The molecule has 0 radical (unpaired) electrons. The quantitative estimate of drug-likeness (QED) is 0.760. The summed E-state index contributed by atoms with van der Waals surface area (Å²) in [4.78, 5) is 12.2. The first kappa shape index (κ1) is 21.7. The first-order chi connectivity index (χ1) is 10.3. The van der Waals surface area contributed by atoms with Crippen molar-refractivity contribution in [1.29, 1.82) is 0 Å². The molecule has 0 aliphatic rings. The summed E-state index contributed by atoms with van der Waals surface area (Å²) < 4.78 is 5.74. The predicted octanol–water partition coefficient (Wildman–Crippen LogP) is 3.49. The number of nitrogens with one attached hydrogen (secondary N) is 1. The van der Waals surface area contributed by atoms with Gasteiger partial charge in [-0.15, -0.1) is 12.4 Å². The summed E-state index contributed by atoms with van der Waals surface area (Å²) in [5, 5.41) is 2.99. The van der Waals surface area contributed by atoms with E-state index in [-0.39, 0.29) is 30.8 Å². The van der Waals surface area contributed by atoms with E-state index in [1.54, 1.807) is 0 Å². The van der Waals surface area contributed by atoms with E-state index in [0.29, 0.717) is 12.5 Å². The number of para-hydroxylation sites is 1. The van der Waals surface area contributed by atoms with Crippen molar-refractivity contribution in [2.75, 3.05) is 13.2 Å². The van der Waals surface area contributed by atoms with Gasteiger partial charge >= 0.3 is 0 Å². The van der Waals surface area contributed by atoms with E-state index in [1.807, 2.05) is 39.0 Å². The monoisotopic (exact) mass is 342 g/mol. The third kappa shape index (κ3) is 6.04. The molecule has 0 fully saturated rings. The van der Waals surface area contributed by atoms with Crippen LogP contribution in [-0.4, -0.2) is 24.6 Å². The normalized spacial score (nSPS) is 14.6. The molecular formula is C18H31ClN2O2.